The minimum Gasteiger partial charge on any atom is -0.478 e. The van der Waals surface area contributed by atoms with Crippen LogP contribution in [0.3, 0.4) is 0 Å². The molecule has 0 spiro atoms. The van der Waals surface area contributed by atoms with Crippen LogP contribution in [0.2, 0.25) is 0 Å². The summed E-state index contributed by atoms with van der Waals surface area (Å²) < 4.78 is 1.18. The predicted octanol–water partition coefficient (Wildman–Crippen LogP) is 7.65. The molecule has 1 aromatic heterocycles. The van der Waals surface area contributed by atoms with Gasteiger partial charge in [0.2, 0.25) is 0 Å². The van der Waals surface area contributed by atoms with Gasteiger partial charge < -0.3 is 5.11 Å². The summed E-state index contributed by atoms with van der Waals surface area (Å²) in [6.07, 6.45) is 1.28. The summed E-state index contributed by atoms with van der Waals surface area (Å²) in [7, 11) is 0. The van der Waals surface area contributed by atoms with E-state index in [0.717, 1.165) is 10.5 Å². The van der Waals surface area contributed by atoms with E-state index in [4.69, 9.17) is 5.11 Å². The first-order valence-electron chi connectivity index (χ1n) is 9.97. The van der Waals surface area contributed by atoms with E-state index in [1.807, 2.05) is 6.92 Å². The lowest BCUT2D eigenvalue weighted by Gasteiger charge is -2.26. The largest absolute Gasteiger partial charge is 0.478 e. The van der Waals surface area contributed by atoms with E-state index in [-0.39, 0.29) is 10.8 Å². The van der Waals surface area contributed by atoms with Gasteiger partial charge in [-0.25, -0.2) is 4.79 Å². The molecule has 0 atom stereocenters. The Morgan fingerprint density at radius 1 is 0.931 bits per heavy atom. The third-order valence-electron chi connectivity index (χ3n) is 5.27. The Kier molecular flexibility index (Phi) is 5.48. The summed E-state index contributed by atoms with van der Waals surface area (Å²) in [4.78, 5) is 12.1. The zero-order valence-corrected chi connectivity index (χ0v) is 19.2. The van der Waals surface area contributed by atoms with Crippen LogP contribution in [0.5, 0.6) is 0 Å². The van der Waals surface area contributed by atoms with Crippen molar-refractivity contribution >= 4 is 33.0 Å². The number of aliphatic carboxylic acids is 1. The normalized spacial score (nSPS) is 13.1. The summed E-state index contributed by atoms with van der Waals surface area (Å²) in [5.74, 6) is -0.909. The first-order valence-corrected chi connectivity index (χ1v) is 10.8. The molecular weight excluding hydrogens is 376 g/mol. The average molecular weight is 407 g/mol. The second-order valence-corrected chi connectivity index (χ2v) is 10.9. The van der Waals surface area contributed by atoms with E-state index in [9.17, 15) is 4.79 Å². The Balaban J connectivity index is 2.25. The van der Waals surface area contributed by atoms with E-state index in [1.165, 1.54) is 38.4 Å². The molecule has 2 aromatic carbocycles. The first kappa shape index (κ1) is 21.3. The summed E-state index contributed by atoms with van der Waals surface area (Å²) in [5, 5.41) is 10.3. The molecule has 152 valence electrons. The molecule has 0 bridgehead atoms. The number of hydrogen-bond acceptors (Lipinski definition) is 2. The Labute approximate surface area is 177 Å². The lowest BCUT2D eigenvalue weighted by Crippen LogP contribution is -2.16. The molecule has 0 unspecified atom stereocenters. The quantitative estimate of drug-likeness (QED) is 0.453. The Morgan fingerprint density at radius 2 is 1.52 bits per heavy atom. The molecule has 0 radical (unpaired) electrons. The van der Waals surface area contributed by atoms with Crippen molar-refractivity contribution in [3.8, 4) is 11.1 Å². The van der Waals surface area contributed by atoms with E-state index in [1.54, 1.807) is 11.3 Å². The molecule has 1 N–H and O–H groups in total. The molecule has 3 heteroatoms. The highest BCUT2D eigenvalue weighted by Gasteiger charge is 2.21. The maximum absolute atomic E-state index is 11.1. The monoisotopic (exact) mass is 406 g/mol. The zero-order chi connectivity index (χ0) is 21.6. The minimum atomic E-state index is -0.909. The standard InChI is InChI=1S/C26H30O2S/c1-16(11-24(27)28)23-15-21-20(9-8-10-22(21)29-23)17-12-18(25(2,3)4)14-19(13-17)26(5,6)7/h8-15H,1-7H3,(H,27,28)/b16-11-. The van der Waals surface area contributed by atoms with Crippen molar-refractivity contribution < 1.29 is 9.90 Å². The lowest BCUT2D eigenvalue weighted by atomic mass is 9.78. The van der Waals surface area contributed by atoms with Crippen LogP contribution in [0, 0.1) is 0 Å². The number of rotatable bonds is 3. The predicted molar refractivity (Wildman–Crippen MR) is 126 cm³/mol. The number of thiophene rings is 1. The van der Waals surface area contributed by atoms with Crippen molar-refractivity contribution in [2.24, 2.45) is 0 Å². The van der Waals surface area contributed by atoms with E-state index in [2.05, 4.69) is 84.0 Å². The molecule has 0 aliphatic carbocycles. The summed E-state index contributed by atoms with van der Waals surface area (Å²) >= 11 is 1.64. The van der Waals surface area contributed by atoms with Gasteiger partial charge in [-0.05, 0) is 57.7 Å². The molecule has 0 fully saturated rings. The fourth-order valence-corrected chi connectivity index (χ4v) is 4.47. The Morgan fingerprint density at radius 3 is 2.03 bits per heavy atom. The maximum Gasteiger partial charge on any atom is 0.328 e. The number of allylic oxidation sites excluding steroid dienone is 1. The van der Waals surface area contributed by atoms with Crippen LogP contribution in [-0.4, -0.2) is 11.1 Å². The van der Waals surface area contributed by atoms with Gasteiger partial charge in [0.05, 0.1) is 0 Å². The van der Waals surface area contributed by atoms with Gasteiger partial charge in [0.15, 0.2) is 0 Å². The molecule has 3 rings (SSSR count). The SMILES string of the molecule is C/C(=C/C(=O)O)c1cc2c(-c3cc(C(C)(C)C)cc(C(C)(C)C)c3)cccc2s1. The topological polar surface area (TPSA) is 37.3 Å². The molecule has 0 saturated carbocycles. The molecule has 3 aromatic rings. The third-order valence-corrected chi connectivity index (χ3v) is 6.50. The Bertz CT molecular complexity index is 1070. The molecule has 29 heavy (non-hydrogen) atoms. The third kappa shape index (κ3) is 4.62. The second-order valence-electron chi connectivity index (χ2n) is 9.79. The van der Waals surface area contributed by atoms with Crippen LogP contribution in [0.4, 0.5) is 0 Å². The van der Waals surface area contributed by atoms with Crippen LogP contribution in [0.1, 0.15) is 64.5 Å². The summed E-state index contributed by atoms with van der Waals surface area (Å²) in [5.41, 5.74) is 5.98. The summed E-state index contributed by atoms with van der Waals surface area (Å²) in [6.45, 7) is 15.4. The van der Waals surface area contributed by atoms with Crippen molar-refractivity contribution in [3.05, 3.63) is 64.5 Å². The number of carboxylic acid groups (broad SMARTS) is 1. The average Bonchev–Trinajstić information content (AvgIpc) is 3.03. The highest BCUT2D eigenvalue weighted by atomic mass is 32.1. The number of fused-ring (bicyclic) bond motifs is 1. The molecule has 2 nitrogen and oxygen atoms in total. The van der Waals surface area contributed by atoms with Crippen molar-refractivity contribution in [1.82, 2.24) is 0 Å². The van der Waals surface area contributed by atoms with Crippen molar-refractivity contribution in [2.45, 2.75) is 59.3 Å². The van der Waals surface area contributed by atoms with Crippen molar-refractivity contribution in [3.63, 3.8) is 0 Å². The number of carbonyl (C=O) groups is 1. The van der Waals surface area contributed by atoms with Gasteiger partial charge in [0.25, 0.3) is 0 Å². The number of benzene rings is 2. The molecule has 0 aliphatic rings. The number of hydrogen-bond donors (Lipinski definition) is 1. The van der Waals surface area contributed by atoms with Crippen molar-refractivity contribution in [2.75, 3.05) is 0 Å². The van der Waals surface area contributed by atoms with Gasteiger partial charge in [0, 0.05) is 21.0 Å². The molecule has 0 aliphatic heterocycles. The fourth-order valence-electron chi connectivity index (χ4n) is 3.41. The van der Waals surface area contributed by atoms with E-state index < -0.39 is 5.97 Å². The number of carboxylic acids is 1. The van der Waals surface area contributed by atoms with Crippen LogP contribution >= 0.6 is 11.3 Å². The first-order chi connectivity index (χ1) is 13.4. The van der Waals surface area contributed by atoms with Gasteiger partial charge in [-0.2, -0.15) is 0 Å². The van der Waals surface area contributed by atoms with Gasteiger partial charge in [-0.15, -0.1) is 11.3 Å². The molecule has 0 amide bonds. The van der Waals surface area contributed by atoms with Crippen LogP contribution in [0.25, 0.3) is 26.8 Å². The Hall–Kier alpha value is -2.39. The molecule has 0 saturated heterocycles. The second kappa shape index (κ2) is 7.46. The maximum atomic E-state index is 11.1. The van der Waals surface area contributed by atoms with Crippen LogP contribution < -0.4 is 0 Å². The van der Waals surface area contributed by atoms with Gasteiger partial charge in [-0.1, -0.05) is 71.9 Å². The van der Waals surface area contributed by atoms with Gasteiger partial charge in [0.1, 0.15) is 0 Å². The van der Waals surface area contributed by atoms with Gasteiger partial charge >= 0.3 is 5.97 Å². The van der Waals surface area contributed by atoms with E-state index in [0.29, 0.717) is 0 Å². The van der Waals surface area contributed by atoms with Crippen LogP contribution in [0.15, 0.2) is 48.5 Å². The highest BCUT2D eigenvalue weighted by molar-refractivity contribution is 7.20. The lowest BCUT2D eigenvalue weighted by molar-refractivity contribution is -0.131. The molecule has 1 heterocycles. The fraction of sp³-hybridized carbons (Fsp3) is 0.346. The van der Waals surface area contributed by atoms with E-state index >= 15 is 0 Å². The van der Waals surface area contributed by atoms with Gasteiger partial charge in [-0.3, -0.25) is 0 Å². The van der Waals surface area contributed by atoms with Crippen molar-refractivity contribution in [1.29, 1.82) is 0 Å². The smallest absolute Gasteiger partial charge is 0.328 e. The molecular formula is C26H30O2S. The summed E-state index contributed by atoms with van der Waals surface area (Å²) in [6, 6.07) is 15.5. The highest BCUT2D eigenvalue weighted by Crippen LogP contribution is 2.39. The zero-order valence-electron chi connectivity index (χ0n) is 18.4. The minimum absolute atomic E-state index is 0.0600. The van der Waals surface area contributed by atoms with Crippen LogP contribution in [-0.2, 0) is 15.6 Å².